The van der Waals surface area contributed by atoms with E-state index in [0.717, 1.165) is 68.1 Å². The SMILES string of the molecule is C[C@H](Nc1nc(C(=O)N2CCCC2)c2sc(N)nc2n1)c1cccnc1.Cc1ccc(CNc2nc3nc(N[C@@H](C)c4cccnc4)nc(C(=O)N4CCCC4)c3s2)cc1C.[Cl][Al]([Cl])[Cl]. The van der Waals surface area contributed by atoms with Gasteiger partial charge in [0.15, 0.2) is 32.9 Å². The summed E-state index contributed by atoms with van der Waals surface area (Å²) in [4.78, 5) is 65.5. The molecule has 338 valence electrons. The number of nitrogens with two attached hydrogens (primary N) is 1. The first-order chi connectivity index (χ1) is 31.3. The lowest BCUT2D eigenvalue weighted by atomic mass is 10.1. The molecule has 2 fully saturated rings. The number of amides is 2. The molecule has 9 rings (SSSR count). The summed E-state index contributed by atoms with van der Waals surface area (Å²) < 4.78 is 1.35. The largest absolute Gasteiger partial charge is 0.643 e. The first-order valence-electron chi connectivity index (χ1n) is 21.1. The number of halogens is 3. The molecule has 0 aliphatic carbocycles. The molecule has 65 heavy (non-hydrogen) atoms. The van der Waals surface area contributed by atoms with Crippen molar-refractivity contribution in [1.29, 1.82) is 0 Å². The third-order valence-electron chi connectivity index (χ3n) is 10.8. The van der Waals surface area contributed by atoms with Crippen molar-refractivity contribution in [3.05, 3.63) is 106 Å². The number of carbonyl (C=O) groups is 2. The summed E-state index contributed by atoms with van der Waals surface area (Å²) in [5, 5.41) is 11.1. The van der Waals surface area contributed by atoms with Crippen LogP contribution < -0.4 is 21.7 Å². The number of nitrogens with zero attached hydrogens (tertiary/aromatic N) is 10. The highest BCUT2D eigenvalue weighted by Gasteiger charge is 2.28. The van der Waals surface area contributed by atoms with Crippen LogP contribution in [0.2, 0.25) is 0 Å². The Morgan fingerprint density at radius 1 is 0.708 bits per heavy atom. The smallest absolute Gasteiger partial charge is 0.375 e. The molecule has 7 aromatic rings. The minimum atomic E-state index is -1.72. The van der Waals surface area contributed by atoms with Crippen LogP contribution in [0.3, 0.4) is 0 Å². The Morgan fingerprint density at radius 3 is 1.68 bits per heavy atom. The summed E-state index contributed by atoms with van der Waals surface area (Å²) in [7, 11) is 14.8. The van der Waals surface area contributed by atoms with Gasteiger partial charge < -0.3 is 31.5 Å². The zero-order valence-electron chi connectivity index (χ0n) is 36.3. The Labute approximate surface area is 401 Å². The maximum atomic E-state index is 13.4. The Morgan fingerprint density at radius 2 is 1.20 bits per heavy atom. The number of nitrogens with one attached hydrogen (secondary N) is 3. The van der Waals surface area contributed by atoms with Gasteiger partial charge in [0.05, 0.1) is 12.1 Å². The van der Waals surface area contributed by atoms with E-state index in [-0.39, 0.29) is 23.9 Å². The van der Waals surface area contributed by atoms with Crippen molar-refractivity contribution in [2.24, 2.45) is 0 Å². The van der Waals surface area contributed by atoms with Gasteiger partial charge in [0.25, 0.3) is 11.8 Å². The zero-order chi connectivity index (χ0) is 46.0. The van der Waals surface area contributed by atoms with Gasteiger partial charge in [-0.1, -0.05) is 53.0 Å². The van der Waals surface area contributed by atoms with Gasteiger partial charge in [0.1, 0.15) is 9.40 Å². The van der Waals surface area contributed by atoms with E-state index in [4.69, 9.17) is 40.9 Å². The quantitative estimate of drug-likeness (QED) is 0.0892. The van der Waals surface area contributed by atoms with Crippen LogP contribution in [0.4, 0.5) is 22.2 Å². The lowest BCUT2D eigenvalue weighted by Gasteiger charge is -2.17. The van der Waals surface area contributed by atoms with Crippen molar-refractivity contribution < 1.29 is 9.59 Å². The van der Waals surface area contributed by atoms with Crippen molar-refractivity contribution in [3.8, 4) is 0 Å². The fraction of sp³-hybridized carbons (Fsp3) is 0.349. The molecule has 2 aliphatic rings. The molecule has 2 saturated heterocycles. The third-order valence-corrected chi connectivity index (χ3v) is 12.7. The van der Waals surface area contributed by atoms with E-state index in [9.17, 15) is 9.59 Å². The van der Waals surface area contributed by atoms with Crippen molar-refractivity contribution in [2.75, 3.05) is 47.9 Å². The number of aryl methyl sites for hydroxylation is 2. The Balaban J connectivity index is 0.000000186. The summed E-state index contributed by atoms with van der Waals surface area (Å²) in [5.74, 6) is 0.607. The van der Waals surface area contributed by atoms with E-state index in [1.165, 1.54) is 39.4 Å². The molecule has 8 heterocycles. The molecule has 2 amide bonds. The molecule has 0 spiro atoms. The number of pyridine rings is 2. The van der Waals surface area contributed by atoms with E-state index in [1.54, 1.807) is 18.6 Å². The van der Waals surface area contributed by atoms with Crippen molar-refractivity contribution in [3.63, 3.8) is 0 Å². The molecule has 5 N–H and O–H groups in total. The van der Waals surface area contributed by atoms with Crippen molar-refractivity contribution in [1.82, 2.24) is 49.7 Å². The Hall–Kier alpha value is -5.00. The zero-order valence-corrected chi connectivity index (χ0v) is 41.3. The second kappa shape index (κ2) is 22.5. The third kappa shape index (κ3) is 12.7. The molecular formula is C43H48AlCl3N14O2S2. The predicted molar refractivity (Wildman–Crippen MR) is 264 cm³/mol. The fourth-order valence-electron chi connectivity index (χ4n) is 7.21. The average Bonchev–Trinajstić information content (AvgIpc) is 4.15. The highest BCUT2D eigenvalue weighted by Crippen LogP contribution is 2.32. The summed E-state index contributed by atoms with van der Waals surface area (Å²) in [6.07, 6.45) is 11.2. The lowest BCUT2D eigenvalue weighted by Crippen LogP contribution is -2.29. The minimum absolute atomic E-state index is 0.0589. The summed E-state index contributed by atoms with van der Waals surface area (Å²) >= 11 is 0.953. The summed E-state index contributed by atoms with van der Waals surface area (Å²) in [6.45, 7) is 11.9. The van der Waals surface area contributed by atoms with Gasteiger partial charge in [-0.2, -0.15) is 15.0 Å². The van der Waals surface area contributed by atoms with E-state index < -0.39 is 11.4 Å². The van der Waals surface area contributed by atoms with Gasteiger partial charge >= 0.3 is 11.4 Å². The number of fused-ring (bicyclic) bond motifs is 2. The van der Waals surface area contributed by atoms with Gasteiger partial charge in [0, 0.05) is 57.5 Å². The van der Waals surface area contributed by atoms with Crippen LogP contribution in [0.15, 0.2) is 67.3 Å². The number of anilines is 4. The number of hydrogen-bond acceptors (Lipinski definition) is 16. The molecule has 16 nitrogen and oxygen atoms in total. The molecule has 1 aromatic carbocycles. The number of carbonyl (C=O) groups excluding carboxylic acids is 2. The van der Waals surface area contributed by atoms with E-state index in [0.29, 0.717) is 55.7 Å². The van der Waals surface area contributed by atoms with Gasteiger partial charge in [0.2, 0.25) is 11.9 Å². The number of likely N-dealkylation sites (tertiary alicyclic amines) is 2. The van der Waals surface area contributed by atoms with Crippen LogP contribution in [0, 0.1) is 13.8 Å². The van der Waals surface area contributed by atoms with Crippen molar-refractivity contribution >= 4 is 119 Å². The summed E-state index contributed by atoms with van der Waals surface area (Å²) in [6, 6.07) is 14.0. The number of thiazole rings is 2. The minimum Gasteiger partial charge on any atom is -0.375 e. The van der Waals surface area contributed by atoms with Gasteiger partial charge in [-0.15, -0.1) is 0 Å². The normalized spacial score (nSPS) is 14.3. The topological polar surface area (TPSA) is 206 Å². The number of aromatic nitrogens is 8. The molecule has 0 bridgehead atoms. The van der Waals surface area contributed by atoms with E-state index >= 15 is 0 Å². The van der Waals surface area contributed by atoms with Crippen LogP contribution in [0.5, 0.6) is 0 Å². The molecular weight excluding hydrogens is 942 g/mol. The fourth-order valence-corrected chi connectivity index (χ4v) is 8.84. The highest BCUT2D eigenvalue weighted by atomic mass is 35.8. The van der Waals surface area contributed by atoms with Gasteiger partial charge in [-0.3, -0.25) is 19.6 Å². The predicted octanol–water partition coefficient (Wildman–Crippen LogP) is 9.28. The van der Waals surface area contributed by atoms with Crippen LogP contribution >= 0.6 is 52.8 Å². The Bertz CT molecular complexity index is 2720. The molecule has 6 aromatic heterocycles. The lowest BCUT2D eigenvalue weighted by molar-refractivity contribution is 0.0782. The van der Waals surface area contributed by atoms with Crippen molar-refractivity contribution in [2.45, 2.75) is 72.0 Å². The van der Waals surface area contributed by atoms with Crippen LogP contribution in [0.1, 0.15) is 100 Å². The van der Waals surface area contributed by atoms with E-state index in [2.05, 4.69) is 82.9 Å². The monoisotopic (exact) mass is 988 g/mol. The molecule has 2 atom stereocenters. The van der Waals surface area contributed by atoms with Gasteiger partial charge in [-0.05, 0) is 93.3 Å². The van der Waals surface area contributed by atoms with Crippen LogP contribution in [-0.2, 0) is 6.54 Å². The van der Waals surface area contributed by atoms with E-state index in [1.807, 2.05) is 54.1 Å². The first kappa shape index (κ1) is 48.0. The molecule has 0 unspecified atom stereocenters. The number of nitrogen functional groups attached to an aromatic ring is 1. The maximum Gasteiger partial charge on any atom is 0.643 e. The molecule has 2 aliphatic heterocycles. The summed E-state index contributed by atoms with van der Waals surface area (Å²) in [5.41, 5.74) is 13.3. The number of benzene rings is 1. The molecule has 0 saturated carbocycles. The number of rotatable bonds is 11. The average molecular weight is 990 g/mol. The Kier molecular flexibility index (Phi) is 16.6. The van der Waals surface area contributed by atoms with Crippen LogP contribution in [-0.4, -0.2) is 99.0 Å². The maximum absolute atomic E-state index is 13.4. The molecule has 0 radical (unpaired) electrons. The standard InChI is InChI=1S/C26H29N7OS.C17H19N7OS.Al.3ClH/c1-16-8-9-19(13-17(16)2)14-28-26-32-23-22(35-26)21(24(34)33-11-4-5-12-33)30-25(31-23)29-18(3)20-7-6-10-27-15-20;1-10(11-5-4-6-19-9-11)20-17-21-12(15(25)24-7-2-3-8-24)13-14(23-17)22-16(18)26-13;;;;/h6-10,13,15,18H,4-5,11-12,14H2,1-3H3,(H2,28,29,30,31,32);4-6,9-10H,2-3,7-8H2,1H3,(H3,18,20,21,22,23);;3*1H/q;;+3;;;/p-3/t18-;10-;;;;/m00..../s1. The second-order valence-electron chi connectivity index (χ2n) is 15.5. The number of hydrogen-bond donors (Lipinski definition) is 4. The van der Waals surface area contributed by atoms with Gasteiger partial charge in [-0.25, -0.2) is 45.1 Å². The highest BCUT2D eigenvalue weighted by molar-refractivity contribution is 7.54. The molecule has 22 heteroatoms. The first-order valence-corrected chi connectivity index (χ1v) is 28.0. The van der Waals surface area contributed by atoms with Crippen LogP contribution in [0.25, 0.3) is 20.7 Å². The second-order valence-corrected chi connectivity index (χ2v) is 24.0.